The molecule has 1 heterocycles. The van der Waals surface area contributed by atoms with Crippen molar-refractivity contribution in [2.45, 2.75) is 12.2 Å². The lowest BCUT2D eigenvalue weighted by atomic mass is 10.2. The highest BCUT2D eigenvalue weighted by atomic mass is 32.2. The summed E-state index contributed by atoms with van der Waals surface area (Å²) in [7, 11) is 0. The largest absolute Gasteiger partial charge is 0.367 e. The van der Waals surface area contributed by atoms with E-state index in [0.717, 1.165) is 18.8 Å². The monoisotopic (exact) mass is 239 g/mol. The molecule has 0 amide bonds. The Balaban J connectivity index is 2.22. The zero-order valence-electron chi connectivity index (χ0n) is 9.15. The summed E-state index contributed by atoms with van der Waals surface area (Å²) < 4.78 is 13.7. The molecule has 4 heteroatoms. The number of hydrogen-bond donors (Lipinski definition) is 0. The average molecular weight is 239 g/mol. The Bertz CT molecular complexity index is 397. The van der Waals surface area contributed by atoms with Gasteiger partial charge in [-0.15, -0.1) is 0 Å². The van der Waals surface area contributed by atoms with Crippen LogP contribution in [0.5, 0.6) is 0 Å². The molecule has 16 heavy (non-hydrogen) atoms. The van der Waals surface area contributed by atoms with Crippen LogP contribution < -0.4 is 4.90 Å². The molecule has 0 bridgehead atoms. The normalized spacial score (nSPS) is 20.9. The average Bonchev–Trinajstić information content (AvgIpc) is 2.28. The third-order valence-electron chi connectivity index (χ3n) is 2.69. The van der Waals surface area contributed by atoms with Crippen molar-refractivity contribution >= 4 is 23.7 Å². The molecule has 1 unspecified atom stereocenters. The maximum atomic E-state index is 13.7. The quantitative estimate of drug-likeness (QED) is 0.740. The second kappa shape index (κ2) is 4.87. The summed E-state index contributed by atoms with van der Waals surface area (Å²) >= 11 is 1.91. The van der Waals surface area contributed by atoms with Crippen molar-refractivity contribution in [3.8, 4) is 0 Å². The van der Waals surface area contributed by atoms with E-state index in [4.69, 9.17) is 0 Å². The number of carbonyl (C=O) groups excluding carboxylic acids is 1. The molecule has 2 nitrogen and oxygen atoms in total. The number of nitrogens with zero attached hydrogens (tertiary/aromatic N) is 1. The molecular formula is C12H14FNOS. The lowest BCUT2D eigenvalue weighted by Gasteiger charge is -2.32. The molecule has 1 aliphatic rings. The molecule has 1 aromatic carbocycles. The first-order chi connectivity index (χ1) is 7.70. The van der Waals surface area contributed by atoms with Gasteiger partial charge in [-0.1, -0.05) is 6.92 Å². The minimum absolute atomic E-state index is 0.302. The van der Waals surface area contributed by atoms with Gasteiger partial charge in [-0.05, 0) is 18.2 Å². The molecular weight excluding hydrogens is 225 g/mol. The van der Waals surface area contributed by atoms with Crippen molar-refractivity contribution < 1.29 is 9.18 Å². The van der Waals surface area contributed by atoms with Crippen LogP contribution in [-0.2, 0) is 0 Å². The Morgan fingerprint density at radius 1 is 1.56 bits per heavy atom. The van der Waals surface area contributed by atoms with E-state index < -0.39 is 0 Å². The van der Waals surface area contributed by atoms with Crippen molar-refractivity contribution in [3.63, 3.8) is 0 Å². The zero-order chi connectivity index (χ0) is 11.5. The van der Waals surface area contributed by atoms with Gasteiger partial charge in [0.15, 0.2) is 0 Å². The second-order valence-corrected chi connectivity index (χ2v) is 5.50. The van der Waals surface area contributed by atoms with E-state index in [0.29, 0.717) is 22.8 Å². The van der Waals surface area contributed by atoms with Gasteiger partial charge in [-0.3, -0.25) is 4.79 Å². The molecule has 0 N–H and O–H groups in total. The maximum absolute atomic E-state index is 13.7. The number of benzene rings is 1. The number of anilines is 1. The van der Waals surface area contributed by atoms with Crippen molar-refractivity contribution in [2.24, 2.45) is 0 Å². The first-order valence-electron chi connectivity index (χ1n) is 5.32. The number of aldehydes is 1. The number of carbonyl (C=O) groups is 1. The number of hydrogen-bond acceptors (Lipinski definition) is 3. The molecule has 1 fully saturated rings. The highest BCUT2D eigenvalue weighted by Crippen LogP contribution is 2.26. The van der Waals surface area contributed by atoms with Gasteiger partial charge >= 0.3 is 0 Å². The predicted octanol–water partition coefficient (Wildman–Crippen LogP) is 2.58. The molecule has 1 aliphatic heterocycles. The van der Waals surface area contributed by atoms with Crippen LogP contribution in [0.25, 0.3) is 0 Å². The van der Waals surface area contributed by atoms with Gasteiger partial charge in [0.1, 0.15) is 12.1 Å². The predicted molar refractivity (Wildman–Crippen MR) is 65.9 cm³/mol. The van der Waals surface area contributed by atoms with Crippen LogP contribution in [0.2, 0.25) is 0 Å². The fourth-order valence-corrected chi connectivity index (χ4v) is 2.90. The van der Waals surface area contributed by atoms with E-state index >= 15 is 0 Å². The van der Waals surface area contributed by atoms with Crippen molar-refractivity contribution in [2.75, 3.05) is 23.7 Å². The Morgan fingerprint density at radius 2 is 2.38 bits per heavy atom. The minimum Gasteiger partial charge on any atom is -0.367 e. The molecule has 86 valence electrons. The third kappa shape index (κ3) is 2.38. The first-order valence-corrected chi connectivity index (χ1v) is 6.37. The Morgan fingerprint density at radius 3 is 3.00 bits per heavy atom. The topological polar surface area (TPSA) is 20.3 Å². The highest BCUT2D eigenvalue weighted by molar-refractivity contribution is 8.00. The third-order valence-corrected chi connectivity index (χ3v) is 3.83. The Kier molecular flexibility index (Phi) is 3.49. The standard InChI is InChI=1S/C12H14FNOS/c1-9-7-14(4-5-16-9)12-3-2-10(8-15)6-11(12)13/h2-3,6,8-9H,4-5,7H2,1H3. The lowest BCUT2D eigenvalue weighted by molar-refractivity contribution is 0.112. The lowest BCUT2D eigenvalue weighted by Crippen LogP contribution is -2.37. The number of halogens is 1. The van der Waals surface area contributed by atoms with Gasteiger partial charge in [0, 0.05) is 29.7 Å². The summed E-state index contributed by atoms with van der Waals surface area (Å²) in [5.74, 6) is 0.722. The van der Waals surface area contributed by atoms with Crippen LogP contribution in [-0.4, -0.2) is 30.4 Å². The molecule has 1 atom stereocenters. The maximum Gasteiger partial charge on any atom is 0.150 e. The van der Waals surface area contributed by atoms with Gasteiger partial charge in [0.2, 0.25) is 0 Å². The van der Waals surface area contributed by atoms with Gasteiger partial charge < -0.3 is 4.90 Å². The van der Waals surface area contributed by atoms with E-state index in [1.807, 2.05) is 16.7 Å². The van der Waals surface area contributed by atoms with Crippen LogP contribution in [0.15, 0.2) is 18.2 Å². The van der Waals surface area contributed by atoms with Crippen LogP contribution in [0.4, 0.5) is 10.1 Å². The fraction of sp³-hybridized carbons (Fsp3) is 0.417. The van der Waals surface area contributed by atoms with E-state index in [-0.39, 0.29) is 5.82 Å². The zero-order valence-corrected chi connectivity index (χ0v) is 9.97. The Hall–Kier alpha value is -1.03. The van der Waals surface area contributed by atoms with Gasteiger partial charge in [-0.25, -0.2) is 4.39 Å². The summed E-state index contributed by atoms with van der Waals surface area (Å²) in [5, 5.41) is 0.527. The van der Waals surface area contributed by atoms with Gasteiger partial charge in [-0.2, -0.15) is 11.8 Å². The van der Waals surface area contributed by atoms with Crippen LogP contribution in [0.1, 0.15) is 17.3 Å². The second-order valence-electron chi connectivity index (χ2n) is 3.96. The van der Waals surface area contributed by atoms with E-state index in [9.17, 15) is 9.18 Å². The van der Waals surface area contributed by atoms with Crippen molar-refractivity contribution in [1.29, 1.82) is 0 Å². The van der Waals surface area contributed by atoms with Gasteiger partial charge in [0.25, 0.3) is 0 Å². The molecule has 0 aromatic heterocycles. The molecule has 0 radical (unpaired) electrons. The molecule has 2 rings (SSSR count). The van der Waals surface area contributed by atoms with Crippen LogP contribution in [0, 0.1) is 5.82 Å². The van der Waals surface area contributed by atoms with Crippen LogP contribution in [0.3, 0.4) is 0 Å². The summed E-state index contributed by atoms with van der Waals surface area (Å²) in [6, 6.07) is 4.66. The first kappa shape index (κ1) is 11.5. The minimum atomic E-state index is -0.302. The summed E-state index contributed by atoms with van der Waals surface area (Å²) in [6.07, 6.45) is 0.668. The summed E-state index contributed by atoms with van der Waals surface area (Å²) in [5.41, 5.74) is 0.999. The number of rotatable bonds is 2. The smallest absolute Gasteiger partial charge is 0.150 e. The summed E-state index contributed by atoms with van der Waals surface area (Å²) in [4.78, 5) is 12.6. The molecule has 0 spiro atoms. The number of thioether (sulfide) groups is 1. The van der Waals surface area contributed by atoms with Crippen LogP contribution >= 0.6 is 11.8 Å². The molecule has 1 aromatic rings. The van der Waals surface area contributed by atoms with Crippen molar-refractivity contribution in [1.82, 2.24) is 0 Å². The molecule has 1 saturated heterocycles. The fourth-order valence-electron chi connectivity index (χ4n) is 1.89. The van der Waals surface area contributed by atoms with E-state index in [1.165, 1.54) is 6.07 Å². The Labute approximate surface area is 98.8 Å². The van der Waals surface area contributed by atoms with Gasteiger partial charge in [0.05, 0.1) is 5.69 Å². The SMILES string of the molecule is CC1CN(c2ccc(C=O)cc2F)CCS1. The highest BCUT2D eigenvalue weighted by Gasteiger charge is 2.19. The van der Waals surface area contributed by atoms with E-state index in [2.05, 4.69) is 6.92 Å². The summed E-state index contributed by atoms with van der Waals surface area (Å²) in [6.45, 7) is 3.88. The molecule has 0 aliphatic carbocycles. The van der Waals surface area contributed by atoms with Crippen molar-refractivity contribution in [3.05, 3.63) is 29.6 Å². The molecule has 0 saturated carbocycles. The van der Waals surface area contributed by atoms with E-state index in [1.54, 1.807) is 12.1 Å².